The number of guanidine groups is 1. The van der Waals surface area contributed by atoms with Gasteiger partial charge < -0.3 is 10.6 Å². The van der Waals surface area contributed by atoms with Gasteiger partial charge in [0.25, 0.3) is 0 Å². The molecule has 0 atom stereocenters. The first-order valence-corrected chi connectivity index (χ1v) is 9.05. The van der Waals surface area contributed by atoms with Crippen LogP contribution >= 0.6 is 27.3 Å². The minimum absolute atomic E-state index is 0.261. The van der Waals surface area contributed by atoms with Crippen LogP contribution in [-0.2, 0) is 19.4 Å². The SMILES string of the molecule is CCc1cnc(CCNC(=NC)NCc2ccc(Br)c(F)c2)s1. The van der Waals surface area contributed by atoms with Crippen molar-refractivity contribution in [2.75, 3.05) is 13.6 Å². The van der Waals surface area contributed by atoms with E-state index in [0.29, 0.717) is 17.0 Å². The molecule has 0 radical (unpaired) electrons. The van der Waals surface area contributed by atoms with Crippen molar-refractivity contribution in [1.29, 1.82) is 0 Å². The molecule has 0 aliphatic rings. The highest BCUT2D eigenvalue weighted by molar-refractivity contribution is 9.10. The summed E-state index contributed by atoms with van der Waals surface area (Å²) >= 11 is 4.90. The predicted molar refractivity (Wildman–Crippen MR) is 97.5 cm³/mol. The van der Waals surface area contributed by atoms with Crippen LogP contribution in [0.1, 0.15) is 22.4 Å². The number of halogens is 2. The lowest BCUT2D eigenvalue weighted by Crippen LogP contribution is -2.37. The third kappa shape index (κ3) is 5.58. The van der Waals surface area contributed by atoms with Crippen molar-refractivity contribution >= 4 is 33.2 Å². The summed E-state index contributed by atoms with van der Waals surface area (Å²) in [5, 5.41) is 7.54. The van der Waals surface area contributed by atoms with Gasteiger partial charge in [0.05, 0.1) is 9.48 Å². The van der Waals surface area contributed by atoms with Crippen LogP contribution < -0.4 is 10.6 Å². The zero-order chi connectivity index (χ0) is 16.7. The molecule has 124 valence electrons. The number of hydrogen-bond acceptors (Lipinski definition) is 3. The highest BCUT2D eigenvalue weighted by Crippen LogP contribution is 2.16. The largest absolute Gasteiger partial charge is 0.356 e. The Morgan fingerprint density at radius 1 is 1.39 bits per heavy atom. The molecule has 2 aromatic rings. The smallest absolute Gasteiger partial charge is 0.191 e. The summed E-state index contributed by atoms with van der Waals surface area (Å²) in [6.07, 6.45) is 3.82. The Hall–Kier alpha value is -1.47. The van der Waals surface area contributed by atoms with Crippen LogP contribution in [0.3, 0.4) is 0 Å². The second-order valence-corrected chi connectivity index (χ2v) is 6.98. The molecular formula is C16H20BrFN4S. The molecule has 0 aliphatic heterocycles. The van der Waals surface area contributed by atoms with E-state index >= 15 is 0 Å². The minimum Gasteiger partial charge on any atom is -0.356 e. The first-order valence-electron chi connectivity index (χ1n) is 7.44. The van der Waals surface area contributed by atoms with E-state index in [1.165, 1.54) is 10.9 Å². The molecule has 23 heavy (non-hydrogen) atoms. The van der Waals surface area contributed by atoms with Gasteiger partial charge in [0.1, 0.15) is 5.82 Å². The lowest BCUT2D eigenvalue weighted by atomic mass is 10.2. The maximum absolute atomic E-state index is 13.5. The van der Waals surface area contributed by atoms with Gasteiger partial charge in [0.2, 0.25) is 0 Å². The molecule has 0 spiro atoms. The summed E-state index contributed by atoms with van der Waals surface area (Å²) < 4.78 is 14.0. The van der Waals surface area contributed by atoms with Crippen LogP contribution in [0.15, 0.2) is 33.9 Å². The van der Waals surface area contributed by atoms with Gasteiger partial charge in [0.15, 0.2) is 5.96 Å². The molecule has 4 nitrogen and oxygen atoms in total. The molecule has 0 bridgehead atoms. The quantitative estimate of drug-likeness (QED) is 0.577. The Labute approximate surface area is 148 Å². The van der Waals surface area contributed by atoms with Crippen LogP contribution in [-0.4, -0.2) is 24.5 Å². The normalized spacial score (nSPS) is 11.6. The first-order chi connectivity index (χ1) is 11.1. The number of thiazole rings is 1. The van der Waals surface area contributed by atoms with Crippen molar-refractivity contribution in [3.63, 3.8) is 0 Å². The predicted octanol–water partition coefficient (Wildman–Crippen LogP) is 3.51. The molecule has 2 N–H and O–H groups in total. The highest BCUT2D eigenvalue weighted by atomic mass is 79.9. The van der Waals surface area contributed by atoms with E-state index < -0.39 is 0 Å². The number of hydrogen-bond donors (Lipinski definition) is 2. The lowest BCUT2D eigenvalue weighted by molar-refractivity contribution is 0.617. The number of rotatable bonds is 6. The van der Waals surface area contributed by atoms with E-state index in [9.17, 15) is 4.39 Å². The number of benzene rings is 1. The van der Waals surface area contributed by atoms with Gasteiger partial charge in [-0.2, -0.15) is 0 Å². The number of aliphatic imine (C=N–C) groups is 1. The Morgan fingerprint density at radius 3 is 2.87 bits per heavy atom. The summed E-state index contributed by atoms with van der Waals surface area (Å²) in [4.78, 5) is 9.87. The molecule has 0 amide bonds. The second kappa shape index (κ2) is 8.98. The van der Waals surface area contributed by atoms with Crippen LogP contribution in [0.2, 0.25) is 0 Å². The molecule has 7 heteroatoms. The first kappa shape index (κ1) is 17.9. The molecule has 0 unspecified atom stereocenters. The lowest BCUT2D eigenvalue weighted by Gasteiger charge is -2.11. The topological polar surface area (TPSA) is 49.3 Å². The number of aromatic nitrogens is 1. The van der Waals surface area contributed by atoms with Crippen LogP contribution in [0.5, 0.6) is 0 Å². The van der Waals surface area contributed by atoms with Crippen LogP contribution in [0.4, 0.5) is 4.39 Å². The van der Waals surface area contributed by atoms with Crippen molar-refractivity contribution in [2.45, 2.75) is 26.3 Å². The molecule has 1 heterocycles. The Kier molecular flexibility index (Phi) is 6.98. The molecule has 0 aliphatic carbocycles. The van der Waals surface area contributed by atoms with Gasteiger partial charge in [-0.3, -0.25) is 4.99 Å². The van der Waals surface area contributed by atoms with Gasteiger partial charge in [0, 0.05) is 37.6 Å². The van der Waals surface area contributed by atoms with Crippen molar-refractivity contribution in [3.05, 3.63) is 50.1 Å². The van der Waals surface area contributed by atoms with E-state index in [0.717, 1.165) is 30.0 Å². The summed E-state index contributed by atoms with van der Waals surface area (Å²) in [5.74, 6) is 0.434. The van der Waals surface area contributed by atoms with E-state index in [2.05, 4.69) is 43.5 Å². The molecule has 0 saturated carbocycles. The van der Waals surface area contributed by atoms with Crippen molar-refractivity contribution in [2.24, 2.45) is 4.99 Å². The van der Waals surface area contributed by atoms with Gasteiger partial charge in [-0.05, 0) is 40.0 Å². The molecule has 2 rings (SSSR count). The Balaban J connectivity index is 1.77. The van der Waals surface area contributed by atoms with E-state index in [4.69, 9.17) is 0 Å². The minimum atomic E-state index is -0.261. The Bertz CT molecular complexity index is 672. The van der Waals surface area contributed by atoms with E-state index in [-0.39, 0.29) is 5.82 Å². The van der Waals surface area contributed by atoms with Gasteiger partial charge in [-0.1, -0.05) is 13.0 Å². The zero-order valence-electron chi connectivity index (χ0n) is 13.2. The fourth-order valence-electron chi connectivity index (χ4n) is 1.97. The van der Waals surface area contributed by atoms with Crippen LogP contribution in [0.25, 0.3) is 0 Å². The van der Waals surface area contributed by atoms with Gasteiger partial charge in [-0.15, -0.1) is 11.3 Å². The zero-order valence-corrected chi connectivity index (χ0v) is 15.6. The van der Waals surface area contributed by atoms with E-state index in [1.54, 1.807) is 24.5 Å². The van der Waals surface area contributed by atoms with Gasteiger partial charge >= 0.3 is 0 Å². The summed E-state index contributed by atoms with van der Waals surface area (Å²) in [7, 11) is 1.72. The highest BCUT2D eigenvalue weighted by Gasteiger charge is 2.04. The number of nitrogens with one attached hydrogen (secondary N) is 2. The molecule has 0 fully saturated rings. The summed E-state index contributed by atoms with van der Waals surface area (Å²) in [5.41, 5.74) is 0.862. The summed E-state index contributed by atoms with van der Waals surface area (Å²) in [6.45, 7) is 3.40. The number of aryl methyl sites for hydroxylation is 1. The standard InChI is InChI=1S/C16H20BrFN4S/c1-3-12-10-21-15(23-12)6-7-20-16(19-2)22-9-11-4-5-13(17)14(18)8-11/h4-5,8,10H,3,6-7,9H2,1-2H3,(H2,19,20,22). The molecular weight excluding hydrogens is 379 g/mol. The van der Waals surface area contributed by atoms with Crippen LogP contribution in [0, 0.1) is 5.82 Å². The second-order valence-electron chi connectivity index (χ2n) is 4.92. The maximum Gasteiger partial charge on any atom is 0.191 e. The monoisotopic (exact) mass is 398 g/mol. The summed E-state index contributed by atoms with van der Waals surface area (Å²) in [6, 6.07) is 5.08. The van der Waals surface area contributed by atoms with Crippen molar-refractivity contribution in [3.8, 4) is 0 Å². The Morgan fingerprint density at radius 2 is 2.22 bits per heavy atom. The number of nitrogens with zero attached hydrogens (tertiary/aromatic N) is 2. The molecule has 0 saturated heterocycles. The maximum atomic E-state index is 13.5. The van der Waals surface area contributed by atoms with Crippen molar-refractivity contribution in [1.82, 2.24) is 15.6 Å². The van der Waals surface area contributed by atoms with Gasteiger partial charge in [-0.25, -0.2) is 9.37 Å². The third-order valence-electron chi connectivity index (χ3n) is 3.25. The fraction of sp³-hybridized carbons (Fsp3) is 0.375. The molecule has 1 aromatic heterocycles. The van der Waals surface area contributed by atoms with E-state index in [1.807, 2.05) is 12.3 Å². The fourth-order valence-corrected chi connectivity index (χ4v) is 3.08. The molecule has 1 aromatic carbocycles. The van der Waals surface area contributed by atoms with Crippen molar-refractivity contribution < 1.29 is 4.39 Å². The third-order valence-corrected chi connectivity index (χ3v) is 5.09. The average Bonchev–Trinajstić information content (AvgIpc) is 3.02. The average molecular weight is 399 g/mol.